The van der Waals surface area contributed by atoms with Gasteiger partial charge in [0.15, 0.2) is 0 Å². The number of hydrogen-bond donors (Lipinski definition) is 1. The second-order valence-corrected chi connectivity index (χ2v) is 4.95. The predicted molar refractivity (Wildman–Crippen MR) is 78.0 cm³/mol. The third-order valence-electron chi connectivity index (χ3n) is 2.76. The second-order valence-electron chi connectivity index (χ2n) is 4.95. The van der Waals surface area contributed by atoms with Gasteiger partial charge in [-0.2, -0.15) is 0 Å². The molecule has 5 heteroatoms. The molecule has 0 radical (unpaired) electrons. The van der Waals surface area contributed by atoms with Crippen molar-refractivity contribution >= 4 is 11.9 Å². The normalized spacial score (nSPS) is 11.6. The van der Waals surface area contributed by atoms with Gasteiger partial charge >= 0.3 is 11.9 Å². The lowest BCUT2D eigenvalue weighted by Crippen LogP contribution is -2.25. The molecule has 1 aromatic carbocycles. The molecular weight excluding hydrogens is 272 g/mol. The van der Waals surface area contributed by atoms with Crippen LogP contribution < -0.4 is 0 Å². The van der Waals surface area contributed by atoms with Crippen molar-refractivity contribution in [1.82, 2.24) is 0 Å². The van der Waals surface area contributed by atoms with Crippen LogP contribution in [0.5, 0.6) is 0 Å². The van der Waals surface area contributed by atoms with Crippen LogP contribution in [0.1, 0.15) is 28.4 Å². The fourth-order valence-electron chi connectivity index (χ4n) is 1.64. The fraction of sp³-hybridized carbons (Fsp3) is 0.375. The zero-order chi connectivity index (χ0) is 16.0. The Kier molecular flexibility index (Phi) is 6.11. The van der Waals surface area contributed by atoms with Crippen LogP contribution in [0.3, 0.4) is 0 Å². The Balaban J connectivity index is 2.45. The SMILES string of the molecule is C=C(C)C(=O)OCC(O)COC(=O)c1ccc(C)cc1C. The molecule has 114 valence electrons. The molecule has 0 amide bonds. The molecule has 0 fully saturated rings. The number of benzene rings is 1. The van der Waals surface area contributed by atoms with Crippen molar-refractivity contribution in [3.63, 3.8) is 0 Å². The van der Waals surface area contributed by atoms with E-state index in [1.54, 1.807) is 6.07 Å². The summed E-state index contributed by atoms with van der Waals surface area (Å²) in [5, 5.41) is 9.60. The maximum Gasteiger partial charge on any atom is 0.338 e. The Morgan fingerprint density at radius 1 is 1.24 bits per heavy atom. The van der Waals surface area contributed by atoms with E-state index < -0.39 is 18.0 Å². The molecular formula is C16H20O5. The van der Waals surface area contributed by atoms with Gasteiger partial charge in [0, 0.05) is 5.57 Å². The topological polar surface area (TPSA) is 72.8 Å². The molecule has 21 heavy (non-hydrogen) atoms. The van der Waals surface area contributed by atoms with Crippen LogP contribution in [-0.4, -0.2) is 36.4 Å². The number of aliphatic hydroxyl groups excluding tert-OH is 1. The Labute approximate surface area is 124 Å². The summed E-state index contributed by atoms with van der Waals surface area (Å²) in [6.07, 6.45) is -1.07. The number of ether oxygens (including phenoxy) is 2. The molecule has 0 spiro atoms. The van der Waals surface area contributed by atoms with E-state index in [0.717, 1.165) is 11.1 Å². The van der Waals surface area contributed by atoms with Crippen LogP contribution in [-0.2, 0) is 14.3 Å². The van der Waals surface area contributed by atoms with Crippen molar-refractivity contribution in [3.05, 3.63) is 47.0 Å². The lowest BCUT2D eigenvalue weighted by atomic mass is 10.1. The first kappa shape index (κ1) is 16.9. The van der Waals surface area contributed by atoms with Crippen LogP contribution in [0.25, 0.3) is 0 Å². The lowest BCUT2D eigenvalue weighted by Gasteiger charge is -2.13. The lowest BCUT2D eigenvalue weighted by molar-refractivity contribution is -0.142. The van der Waals surface area contributed by atoms with Gasteiger partial charge in [0.25, 0.3) is 0 Å². The number of carbonyl (C=O) groups excluding carboxylic acids is 2. The molecule has 1 N–H and O–H groups in total. The molecule has 0 aliphatic carbocycles. The molecule has 0 aliphatic heterocycles. The average Bonchev–Trinajstić information content (AvgIpc) is 2.41. The highest BCUT2D eigenvalue weighted by atomic mass is 16.6. The molecule has 0 aromatic heterocycles. The highest BCUT2D eigenvalue weighted by Crippen LogP contribution is 2.12. The Morgan fingerprint density at radius 2 is 1.86 bits per heavy atom. The first-order valence-corrected chi connectivity index (χ1v) is 6.56. The zero-order valence-corrected chi connectivity index (χ0v) is 12.5. The van der Waals surface area contributed by atoms with Crippen LogP contribution in [0.2, 0.25) is 0 Å². The van der Waals surface area contributed by atoms with Gasteiger partial charge in [-0.1, -0.05) is 24.3 Å². The van der Waals surface area contributed by atoms with Gasteiger partial charge in [-0.15, -0.1) is 0 Å². The molecule has 0 aliphatic rings. The highest BCUT2D eigenvalue weighted by Gasteiger charge is 2.14. The third-order valence-corrected chi connectivity index (χ3v) is 2.76. The van der Waals surface area contributed by atoms with Crippen molar-refractivity contribution in [2.24, 2.45) is 0 Å². The first-order valence-electron chi connectivity index (χ1n) is 6.56. The van der Waals surface area contributed by atoms with Gasteiger partial charge in [-0.25, -0.2) is 9.59 Å². The molecule has 1 atom stereocenters. The molecule has 0 saturated heterocycles. The van der Waals surface area contributed by atoms with E-state index in [1.165, 1.54) is 6.92 Å². The summed E-state index contributed by atoms with van der Waals surface area (Å²) < 4.78 is 9.76. The van der Waals surface area contributed by atoms with Gasteiger partial charge in [0.1, 0.15) is 19.3 Å². The molecule has 0 saturated carbocycles. The molecule has 5 nitrogen and oxygen atoms in total. The van der Waals surface area contributed by atoms with E-state index in [4.69, 9.17) is 9.47 Å². The average molecular weight is 292 g/mol. The standard InChI is InChI=1S/C16H20O5/c1-10(2)15(18)20-8-13(17)9-21-16(19)14-6-5-11(3)7-12(14)4/h5-7,13,17H,1,8-9H2,2-4H3. The number of rotatable bonds is 6. The first-order chi connectivity index (χ1) is 9.81. The summed E-state index contributed by atoms with van der Waals surface area (Å²) >= 11 is 0. The summed E-state index contributed by atoms with van der Waals surface area (Å²) in [6.45, 7) is 8.19. The smallest absolute Gasteiger partial charge is 0.338 e. The van der Waals surface area contributed by atoms with Gasteiger partial charge in [-0.05, 0) is 32.4 Å². The van der Waals surface area contributed by atoms with Crippen LogP contribution >= 0.6 is 0 Å². The van der Waals surface area contributed by atoms with Crippen LogP contribution in [0.4, 0.5) is 0 Å². The molecule has 1 aromatic rings. The van der Waals surface area contributed by atoms with Crippen LogP contribution in [0.15, 0.2) is 30.4 Å². The zero-order valence-electron chi connectivity index (χ0n) is 12.5. The van der Waals surface area contributed by atoms with E-state index >= 15 is 0 Å². The Bertz CT molecular complexity index is 548. The quantitative estimate of drug-likeness (QED) is 0.641. The molecule has 1 unspecified atom stereocenters. The second kappa shape index (κ2) is 7.59. The van der Waals surface area contributed by atoms with E-state index in [-0.39, 0.29) is 18.8 Å². The van der Waals surface area contributed by atoms with Gasteiger partial charge in [-0.3, -0.25) is 0 Å². The molecule has 0 heterocycles. The Morgan fingerprint density at radius 3 is 2.43 bits per heavy atom. The van der Waals surface area contributed by atoms with Crippen molar-refractivity contribution in [2.75, 3.05) is 13.2 Å². The van der Waals surface area contributed by atoms with Gasteiger partial charge in [0.2, 0.25) is 0 Å². The number of hydrogen-bond acceptors (Lipinski definition) is 5. The van der Waals surface area contributed by atoms with Crippen molar-refractivity contribution in [1.29, 1.82) is 0 Å². The summed E-state index contributed by atoms with van der Waals surface area (Å²) in [6, 6.07) is 5.37. The maximum atomic E-state index is 11.9. The fourth-order valence-corrected chi connectivity index (χ4v) is 1.64. The minimum Gasteiger partial charge on any atom is -0.459 e. The summed E-state index contributed by atoms with van der Waals surface area (Å²) in [7, 11) is 0. The van der Waals surface area contributed by atoms with E-state index in [0.29, 0.717) is 5.56 Å². The number of esters is 2. The van der Waals surface area contributed by atoms with E-state index in [9.17, 15) is 14.7 Å². The number of aryl methyl sites for hydroxylation is 2. The predicted octanol–water partition coefficient (Wildman–Crippen LogP) is 1.94. The summed E-state index contributed by atoms with van der Waals surface area (Å²) in [4.78, 5) is 23.0. The minimum absolute atomic E-state index is 0.240. The maximum absolute atomic E-state index is 11.9. The largest absolute Gasteiger partial charge is 0.459 e. The summed E-state index contributed by atoms with van der Waals surface area (Å²) in [5.74, 6) is -1.10. The van der Waals surface area contributed by atoms with Gasteiger partial charge in [0.05, 0.1) is 5.56 Å². The van der Waals surface area contributed by atoms with Gasteiger partial charge < -0.3 is 14.6 Å². The minimum atomic E-state index is -1.07. The molecule has 1 rings (SSSR count). The van der Waals surface area contributed by atoms with Crippen LogP contribution in [0, 0.1) is 13.8 Å². The van der Waals surface area contributed by atoms with E-state index in [2.05, 4.69) is 6.58 Å². The monoisotopic (exact) mass is 292 g/mol. The number of aliphatic hydroxyl groups is 1. The Hall–Kier alpha value is -2.14. The van der Waals surface area contributed by atoms with E-state index in [1.807, 2.05) is 26.0 Å². The third kappa shape index (κ3) is 5.39. The van der Waals surface area contributed by atoms with Crippen molar-refractivity contribution in [2.45, 2.75) is 26.9 Å². The highest BCUT2D eigenvalue weighted by molar-refractivity contribution is 5.91. The number of carbonyl (C=O) groups is 2. The van der Waals surface area contributed by atoms with Crippen molar-refractivity contribution in [3.8, 4) is 0 Å². The van der Waals surface area contributed by atoms with Crippen molar-refractivity contribution < 1.29 is 24.2 Å². The molecule has 0 bridgehead atoms. The summed E-state index contributed by atoms with van der Waals surface area (Å²) in [5.41, 5.74) is 2.56.